The Morgan fingerprint density at radius 1 is 1.17 bits per heavy atom. The molecule has 0 aromatic carbocycles. The van der Waals surface area contributed by atoms with Gasteiger partial charge in [-0.05, 0) is 25.7 Å². The van der Waals surface area contributed by atoms with Gasteiger partial charge >= 0.3 is 0 Å². The Kier molecular flexibility index (Phi) is 3.69. The fourth-order valence-electron chi connectivity index (χ4n) is 1.60. The third-order valence-corrected chi connectivity index (χ3v) is 1.49. The lowest BCUT2D eigenvalue weighted by molar-refractivity contribution is 0.289. The predicted molar refractivity (Wildman–Crippen MR) is 56.8 cm³/mol. The van der Waals surface area contributed by atoms with Gasteiger partial charge in [-0.15, -0.1) is 0 Å². The summed E-state index contributed by atoms with van der Waals surface area (Å²) in [5, 5.41) is 0. The Bertz CT molecular complexity index is 170. The molecule has 12 heavy (non-hydrogen) atoms. The molecule has 0 rings (SSSR count). The summed E-state index contributed by atoms with van der Waals surface area (Å²) in [7, 11) is 0. The summed E-state index contributed by atoms with van der Waals surface area (Å²) in [6.07, 6.45) is 4.60. The fraction of sp³-hybridized carbons (Fsp3) is 0.727. The first kappa shape index (κ1) is 11.4. The molecule has 1 heteroatoms. The van der Waals surface area contributed by atoms with Crippen LogP contribution in [0.15, 0.2) is 17.6 Å². The van der Waals surface area contributed by atoms with Crippen LogP contribution in [0, 0.1) is 5.41 Å². The molecular weight excluding hydrogens is 146 g/mol. The van der Waals surface area contributed by atoms with Crippen molar-refractivity contribution >= 4 is 6.21 Å². The van der Waals surface area contributed by atoms with Crippen molar-refractivity contribution in [2.24, 2.45) is 10.4 Å². The van der Waals surface area contributed by atoms with Crippen LogP contribution in [-0.4, -0.2) is 11.8 Å². The summed E-state index contributed by atoms with van der Waals surface area (Å²) < 4.78 is 0. The van der Waals surface area contributed by atoms with Crippen molar-refractivity contribution in [3.63, 3.8) is 0 Å². The molecular formula is C11H21N. The minimum Gasteiger partial charge on any atom is -0.287 e. The lowest BCUT2D eigenvalue weighted by Crippen LogP contribution is -2.24. The maximum Gasteiger partial charge on any atom is 0.0557 e. The quantitative estimate of drug-likeness (QED) is 0.571. The van der Waals surface area contributed by atoms with Crippen LogP contribution >= 0.6 is 0 Å². The first-order valence-electron chi connectivity index (χ1n) is 4.43. The van der Waals surface area contributed by atoms with E-state index in [1.807, 2.05) is 0 Å². The van der Waals surface area contributed by atoms with Gasteiger partial charge in [0.2, 0.25) is 0 Å². The maximum absolute atomic E-state index is 4.42. The van der Waals surface area contributed by atoms with E-state index in [0.29, 0.717) is 5.41 Å². The largest absolute Gasteiger partial charge is 0.287 e. The highest BCUT2D eigenvalue weighted by atomic mass is 14.8. The first-order valence-corrected chi connectivity index (χ1v) is 4.43. The zero-order valence-corrected chi connectivity index (χ0v) is 9.02. The summed E-state index contributed by atoms with van der Waals surface area (Å²) in [5.41, 5.74) is 0.369. The van der Waals surface area contributed by atoms with Crippen molar-refractivity contribution in [1.82, 2.24) is 0 Å². The Morgan fingerprint density at radius 3 is 2.00 bits per heavy atom. The third kappa shape index (κ3) is 6.14. The van der Waals surface area contributed by atoms with Crippen LogP contribution in [0.5, 0.6) is 0 Å². The molecule has 1 nitrogen and oxygen atoms in total. The molecule has 0 heterocycles. The van der Waals surface area contributed by atoms with Crippen LogP contribution in [-0.2, 0) is 0 Å². The van der Waals surface area contributed by atoms with E-state index in [-0.39, 0.29) is 5.54 Å². The van der Waals surface area contributed by atoms with Gasteiger partial charge in [-0.2, -0.15) is 0 Å². The zero-order chi connectivity index (χ0) is 9.83. The van der Waals surface area contributed by atoms with E-state index in [4.69, 9.17) is 0 Å². The normalized spacial score (nSPS) is 13.8. The highest BCUT2D eigenvalue weighted by Crippen LogP contribution is 2.29. The standard InChI is InChI=1S/C11H21N/c1-7-8-12-11(5,6)9-10(2,3)4/h7-8H,1,9H2,2-6H3. The van der Waals surface area contributed by atoms with Gasteiger partial charge in [0.25, 0.3) is 0 Å². The smallest absolute Gasteiger partial charge is 0.0557 e. The van der Waals surface area contributed by atoms with E-state index in [1.165, 1.54) is 0 Å². The second-order valence-corrected chi connectivity index (χ2v) is 5.06. The average molecular weight is 167 g/mol. The van der Waals surface area contributed by atoms with Gasteiger partial charge in [-0.1, -0.05) is 33.4 Å². The van der Waals surface area contributed by atoms with E-state index in [0.717, 1.165) is 6.42 Å². The minimum atomic E-state index is 0.0342. The van der Waals surface area contributed by atoms with Crippen molar-refractivity contribution in [1.29, 1.82) is 0 Å². The van der Waals surface area contributed by atoms with Crippen LogP contribution in [0.1, 0.15) is 41.0 Å². The highest BCUT2D eigenvalue weighted by Gasteiger charge is 2.23. The van der Waals surface area contributed by atoms with Crippen molar-refractivity contribution < 1.29 is 0 Å². The molecule has 0 aromatic heterocycles. The van der Waals surface area contributed by atoms with Crippen LogP contribution in [0.3, 0.4) is 0 Å². The monoisotopic (exact) mass is 167 g/mol. The van der Waals surface area contributed by atoms with Crippen molar-refractivity contribution in [3.8, 4) is 0 Å². The second kappa shape index (κ2) is 3.88. The van der Waals surface area contributed by atoms with E-state index in [2.05, 4.69) is 46.2 Å². The van der Waals surface area contributed by atoms with E-state index < -0.39 is 0 Å². The molecule has 0 amide bonds. The molecule has 0 fully saturated rings. The zero-order valence-electron chi connectivity index (χ0n) is 9.02. The molecule has 0 aliphatic heterocycles. The van der Waals surface area contributed by atoms with Gasteiger partial charge in [0.05, 0.1) is 5.54 Å². The Labute approximate surface area is 76.6 Å². The number of allylic oxidation sites excluding steroid dienone is 1. The first-order chi connectivity index (χ1) is 5.27. The molecule has 0 saturated carbocycles. The fourth-order valence-corrected chi connectivity index (χ4v) is 1.60. The summed E-state index contributed by atoms with van der Waals surface area (Å²) in [6, 6.07) is 0. The predicted octanol–water partition coefficient (Wildman–Crippen LogP) is 3.46. The summed E-state index contributed by atoms with van der Waals surface area (Å²) in [5.74, 6) is 0. The van der Waals surface area contributed by atoms with Gasteiger partial charge in [-0.3, -0.25) is 4.99 Å². The Hall–Kier alpha value is -0.590. The number of hydrogen-bond acceptors (Lipinski definition) is 1. The van der Waals surface area contributed by atoms with Gasteiger partial charge in [0.15, 0.2) is 0 Å². The summed E-state index contributed by atoms with van der Waals surface area (Å²) in [6.45, 7) is 14.6. The van der Waals surface area contributed by atoms with E-state index in [1.54, 1.807) is 12.3 Å². The molecule has 0 aliphatic carbocycles. The van der Waals surface area contributed by atoms with Crippen molar-refractivity contribution in [3.05, 3.63) is 12.7 Å². The molecule has 0 spiro atoms. The second-order valence-electron chi connectivity index (χ2n) is 5.06. The summed E-state index contributed by atoms with van der Waals surface area (Å²) >= 11 is 0. The molecule has 0 atom stereocenters. The SMILES string of the molecule is C=CC=NC(C)(C)CC(C)(C)C. The van der Waals surface area contributed by atoms with E-state index >= 15 is 0 Å². The number of rotatable bonds is 3. The number of hydrogen-bond donors (Lipinski definition) is 0. The number of aliphatic imine (C=N–C) groups is 1. The molecule has 0 radical (unpaired) electrons. The van der Waals surface area contributed by atoms with Crippen LogP contribution in [0.25, 0.3) is 0 Å². The molecule has 0 saturated heterocycles. The molecule has 0 bridgehead atoms. The summed E-state index contributed by atoms with van der Waals surface area (Å²) in [4.78, 5) is 4.42. The van der Waals surface area contributed by atoms with Crippen molar-refractivity contribution in [2.45, 2.75) is 46.6 Å². The van der Waals surface area contributed by atoms with Gasteiger partial charge in [0.1, 0.15) is 0 Å². The lowest BCUT2D eigenvalue weighted by atomic mass is 9.82. The maximum atomic E-state index is 4.42. The third-order valence-electron chi connectivity index (χ3n) is 1.49. The molecule has 70 valence electrons. The molecule has 0 unspecified atom stereocenters. The van der Waals surface area contributed by atoms with Crippen LogP contribution in [0.4, 0.5) is 0 Å². The minimum absolute atomic E-state index is 0.0342. The topological polar surface area (TPSA) is 12.4 Å². The van der Waals surface area contributed by atoms with Gasteiger partial charge in [0, 0.05) is 6.21 Å². The van der Waals surface area contributed by atoms with Crippen molar-refractivity contribution in [2.75, 3.05) is 0 Å². The van der Waals surface area contributed by atoms with Gasteiger partial charge in [-0.25, -0.2) is 0 Å². The van der Waals surface area contributed by atoms with Gasteiger partial charge < -0.3 is 0 Å². The lowest BCUT2D eigenvalue weighted by Gasteiger charge is -2.28. The number of nitrogens with zero attached hydrogens (tertiary/aromatic N) is 1. The van der Waals surface area contributed by atoms with E-state index in [9.17, 15) is 0 Å². The Morgan fingerprint density at radius 2 is 1.67 bits per heavy atom. The molecule has 0 N–H and O–H groups in total. The average Bonchev–Trinajstić information content (AvgIpc) is 1.78. The molecule has 0 aromatic rings. The van der Waals surface area contributed by atoms with Crippen LogP contribution in [0.2, 0.25) is 0 Å². The van der Waals surface area contributed by atoms with Crippen LogP contribution < -0.4 is 0 Å². The Balaban J connectivity index is 4.22. The highest BCUT2D eigenvalue weighted by molar-refractivity contribution is 5.70. The molecule has 0 aliphatic rings.